The van der Waals surface area contributed by atoms with Gasteiger partial charge in [-0.05, 0) is 26.3 Å². The van der Waals surface area contributed by atoms with Crippen LogP contribution in [0.2, 0.25) is 0 Å². The molecule has 2 aliphatic carbocycles. The van der Waals surface area contributed by atoms with Crippen LogP contribution in [0.25, 0.3) is 0 Å². The van der Waals surface area contributed by atoms with E-state index >= 15 is 0 Å². The molecule has 2 bridgehead atoms. The lowest BCUT2D eigenvalue weighted by Gasteiger charge is -2.44. The van der Waals surface area contributed by atoms with Crippen LogP contribution in [0.15, 0.2) is 24.3 Å². The molecule has 130 valence electrons. The Bertz CT molecular complexity index is 684. The summed E-state index contributed by atoms with van der Waals surface area (Å²) in [6.07, 6.45) is 2.10. The lowest BCUT2D eigenvalue weighted by atomic mass is 9.70. The van der Waals surface area contributed by atoms with Crippen molar-refractivity contribution < 1.29 is 33.9 Å². The summed E-state index contributed by atoms with van der Waals surface area (Å²) in [5.41, 5.74) is -3.15. The van der Waals surface area contributed by atoms with E-state index < -0.39 is 52.8 Å². The SMILES string of the molecule is C=C1C(=O)OC2C1C[C@@H](O)[C@@](C)(OC(C)=O)C13C=C[C@@](C)(OO1)C23. The van der Waals surface area contributed by atoms with Crippen LogP contribution in [-0.2, 0) is 28.8 Å². The van der Waals surface area contributed by atoms with Crippen LogP contribution in [-0.4, -0.2) is 46.1 Å². The van der Waals surface area contributed by atoms with E-state index in [9.17, 15) is 14.7 Å². The highest BCUT2D eigenvalue weighted by Crippen LogP contribution is 2.62. The summed E-state index contributed by atoms with van der Waals surface area (Å²) >= 11 is 0. The normalized spacial score (nSPS) is 51.8. The molecule has 7 atom stereocenters. The van der Waals surface area contributed by atoms with Crippen molar-refractivity contribution in [3.8, 4) is 0 Å². The molecule has 3 fully saturated rings. The summed E-state index contributed by atoms with van der Waals surface area (Å²) in [5.74, 6) is -1.86. The van der Waals surface area contributed by atoms with Crippen molar-refractivity contribution in [2.24, 2.45) is 11.8 Å². The average Bonchev–Trinajstić information content (AvgIpc) is 3.04. The van der Waals surface area contributed by atoms with Gasteiger partial charge in [-0.3, -0.25) is 4.79 Å². The molecule has 2 saturated heterocycles. The second-order valence-electron chi connectivity index (χ2n) is 7.41. The summed E-state index contributed by atoms with van der Waals surface area (Å²) in [4.78, 5) is 34.9. The van der Waals surface area contributed by atoms with Crippen molar-refractivity contribution >= 4 is 11.9 Å². The third kappa shape index (κ3) is 1.62. The average molecular weight is 336 g/mol. The van der Waals surface area contributed by atoms with Gasteiger partial charge in [0.25, 0.3) is 0 Å². The molecule has 0 aromatic heterocycles. The molecule has 2 aliphatic heterocycles. The first-order chi connectivity index (χ1) is 11.1. The first-order valence-electron chi connectivity index (χ1n) is 7.99. The van der Waals surface area contributed by atoms with E-state index in [0.29, 0.717) is 5.57 Å². The maximum atomic E-state index is 12.0. The molecule has 2 heterocycles. The topological polar surface area (TPSA) is 91.3 Å². The van der Waals surface area contributed by atoms with Crippen LogP contribution >= 0.6 is 0 Å². The number of aliphatic hydroxyl groups excluding tert-OH is 1. The second kappa shape index (κ2) is 4.47. The Morgan fingerprint density at radius 2 is 2.08 bits per heavy atom. The smallest absolute Gasteiger partial charge is 0.334 e. The van der Waals surface area contributed by atoms with Crippen molar-refractivity contribution in [1.29, 1.82) is 0 Å². The molecule has 4 rings (SSSR count). The van der Waals surface area contributed by atoms with Gasteiger partial charge in [0.15, 0.2) is 11.2 Å². The van der Waals surface area contributed by atoms with Crippen molar-refractivity contribution in [2.75, 3.05) is 0 Å². The van der Waals surface area contributed by atoms with E-state index in [1.54, 1.807) is 13.0 Å². The highest BCUT2D eigenvalue weighted by atomic mass is 17.2. The highest BCUT2D eigenvalue weighted by molar-refractivity contribution is 5.91. The fraction of sp³-hybridized carbons (Fsp3) is 0.647. The third-order valence-electron chi connectivity index (χ3n) is 6.02. The Morgan fingerprint density at radius 1 is 1.38 bits per heavy atom. The fourth-order valence-corrected chi connectivity index (χ4v) is 4.75. The predicted octanol–water partition coefficient (Wildman–Crippen LogP) is 0.816. The predicted molar refractivity (Wildman–Crippen MR) is 79.2 cm³/mol. The largest absolute Gasteiger partial charge is 0.458 e. The summed E-state index contributed by atoms with van der Waals surface area (Å²) in [6.45, 7) is 8.54. The molecule has 24 heavy (non-hydrogen) atoms. The summed E-state index contributed by atoms with van der Waals surface area (Å²) < 4.78 is 11.1. The molecule has 1 saturated carbocycles. The number of hydrogen-bond acceptors (Lipinski definition) is 7. The third-order valence-corrected chi connectivity index (χ3v) is 6.02. The standard InChI is InChI=1S/C17H20O7/c1-8-10-7-11(19)16(4,22-9(2)18)17-6-5-15(3,23-24-17)13(17)12(10)21-14(8)20/h5-6,10-13,19H,1,7H2,2-4H3/t10?,11-,12?,13?,15-,16-,17?/m1/s1. The van der Waals surface area contributed by atoms with E-state index in [-0.39, 0.29) is 6.42 Å². The van der Waals surface area contributed by atoms with Crippen molar-refractivity contribution in [3.05, 3.63) is 24.3 Å². The summed E-state index contributed by atoms with van der Waals surface area (Å²) in [5, 5.41) is 10.9. The first kappa shape index (κ1) is 15.8. The lowest BCUT2D eigenvalue weighted by Crippen LogP contribution is -2.63. The number of rotatable bonds is 1. The molecule has 0 amide bonds. The molecule has 7 heteroatoms. The number of carbonyl (C=O) groups excluding carboxylic acids is 2. The molecular weight excluding hydrogens is 316 g/mol. The van der Waals surface area contributed by atoms with Gasteiger partial charge in [-0.15, -0.1) is 0 Å². The Balaban J connectivity index is 1.90. The van der Waals surface area contributed by atoms with E-state index in [0.717, 1.165) is 0 Å². The number of carbonyl (C=O) groups is 2. The van der Waals surface area contributed by atoms with Crippen LogP contribution in [0.5, 0.6) is 0 Å². The Hall–Kier alpha value is -1.70. The molecule has 0 aromatic rings. The van der Waals surface area contributed by atoms with Crippen LogP contribution in [0.1, 0.15) is 27.2 Å². The van der Waals surface area contributed by atoms with E-state index in [2.05, 4.69) is 6.58 Å². The Labute approximate surface area is 139 Å². The number of esters is 2. The van der Waals surface area contributed by atoms with Gasteiger partial charge in [0.1, 0.15) is 11.7 Å². The van der Waals surface area contributed by atoms with Gasteiger partial charge in [0, 0.05) is 18.4 Å². The van der Waals surface area contributed by atoms with Gasteiger partial charge in [-0.2, -0.15) is 0 Å². The zero-order valence-electron chi connectivity index (χ0n) is 13.8. The van der Waals surface area contributed by atoms with Gasteiger partial charge in [-0.25, -0.2) is 14.6 Å². The quantitative estimate of drug-likeness (QED) is 0.328. The molecule has 4 aliphatic rings. The minimum Gasteiger partial charge on any atom is -0.458 e. The van der Waals surface area contributed by atoms with Crippen LogP contribution in [0.4, 0.5) is 0 Å². The number of aliphatic hydroxyl groups is 1. The maximum absolute atomic E-state index is 12.0. The van der Waals surface area contributed by atoms with E-state index in [1.807, 2.05) is 13.0 Å². The lowest BCUT2D eigenvalue weighted by molar-refractivity contribution is -0.366. The van der Waals surface area contributed by atoms with Crippen molar-refractivity contribution in [2.45, 2.75) is 56.2 Å². The second-order valence-corrected chi connectivity index (χ2v) is 7.41. The van der Waals surface area contributed by atoms with Crippen LogP contribution in [0.3, 0.4) is 0 Å². The molecule has 4 unspecified atom stereocenters. The van der Waals surface area contributed by atoms with Crippen molar-refractivity contribution in [3.63, 3.8) is 0 Å². The molecule has 0 spiro atoms. The van der Waals surface area contributed by atoms with Gasteiger partial charge < -0.3 is 14.6 Å². The Kier molecular flexibility index (Phi) is 2.95. The monoisotopic (exact) mass is 336 g/mol. The van der Waals surface area contributed by atoms with Crippen LogP contribution < -0.4 is 0 Å². The van der Waals surface area contributed by atoms with Gasteiger partial charge in [0.05, 0.1) is 12.0 Å². The Morgan fingerprint density at radius 3 is 2.67 bits per heavy atom. The number of hydrogen-bond donors (Lipinski definition) is 1. The molecular formula is C17H20O7. The molecule has 0 aromatic carbocycles. The van der Waals surface area contributed by atoms with Crippen LogP contribution in [0, 0.1) is 11.8 Å². The molecule has 1 N–H and O–H groups in total. The van der Waals surface area contributed by atoms with Gasteiger partial charge in [-0.1, -0.05) is 12.7 Å². The van der Waals surface area contributed by atoms with E-state index in [4.69, 9.17) is 19.2 Å². The zero-order valence-corrected chi connectivity index (χ0v) is 13.8. The highest BCUT2D eigenvalue weighted by Gasteiger charge is 2.77. The van der Waals surface area contributed by atoms with E-state index in [1.165, 1.54) is 6.92 Å². The zero-order chi connectivity index (χ0) is 17.5. The maximum Gasteiger partial charge on any atom is 0.334 e. The van der Waals surface area contributed by atoms with Gasteiger partial charge in [0.2, 0.25) is 0 Å². The summed E-state index contributed by atoms with van der Waals surface area (Å²) in [7, 11) is 0. The minimum absolute atomic E-state index is 0.185. The number of fused-ring (bicyclic) bond motifs is 1. The first-order valence-corrected chi connectivity index (χ1v) is 7.99. The van der Waals surface area contributed by atoms with Gasteiger partial charge >= 0.3 is 11.9 Å². The summed E-state index contributed by atoms with van der Waals surface area (Å²) in [6, 6.07) is 0. The fourth-order valence-electron chi connectivity index (χ4n) is 4.75. The van der Waals surface area contributed by atoms with Crippen molar-refractivity contribution in [1.82, 2.24) is 0 Å². The molecule has 7 nitrogen and oxygen atoms in total. The molecule has 0 radical (unpaired) electrons. The minimum atomic E-state index is -1.38. The number of ether oxygens (including phenoxy) is 2.